The summed E-state index contributed by atoms with van der Waals surface area (Å²) in [4.78, 5) is 12.8. The lowest BCUT2D eigenvalue weighted by molar-refractivity contribution is 0.406. The van der Waals surface area contributed by atoms with Crippen LogP contribution >= 0.6 is 27.5 Å². The standard InChI is InChI=1S/C14H14BrClN6O/c1-6-9(19-12(16)7(2)10(6)23-3)5-22-13-8(4-18-22)11(15)20-14(17)21-13/h4H,5H2,1-3H3,(H2,17,20,21). The highest BCUT2D eigenvalue weighted by Gasteiger charge is 2.16. The number of anilines is 1. The smallest absolute Gasteiger partial charge is 0.223 e. The van der Waals surface area contributed by atoms with Crippen LogP contribution in [0, 0.1) is 13.8 Å². The van der Waals surface area contributed by atoms with Gasteiger partial charge in [-0.2, -0.15) is 10.1 Å². The van der Waals surface area contributed by atoms with Gasteiger partial charge in [-0.3, -0.25) is 0 Å². The summed E-state index contributed by atoms with van der Waals surface area (Å²) in [5, 5.41) is 5.54. The second-order valence-corrected chi connectivity index (χ2v) is 6.15. The molecule has 7 nitrogen and oxygen atoms in total. The summed E-state index contributed by atoms with van der Waals surface area (Å²) in [5.41, 5.74) is 8.83. The molecule has 0 fully saturated rings. The van der Waals surface area contributed by atoms with E-state index in [2.05, 4.69) is 36.0 Å². The summed E-state index contributed by atoms with van der Waals surface area (Å²) in [6.07, 6.45) is 1.68. The molecule has 0 aliphatic carbocycles. The van der Waals surface area contributed by atoms with Crippen LogP contribution in [0.2, 0.25) is 5.15 Å². The van der Waals surface area contributed by atoms with E-state index >= 15 is 0 Å². The number of methoxy groups -OCH3 is 1. The molecule has 3 rings (SSSR count). The van der Waals surface area contributed by atoms with Crippen molar-refractivity contribution < 1.29 is 4.74 Å². The normalized spacial score (nSPS) is 11.2. The highest BCUT2D eigenvalue weighted by molar-refractivity contribution is 9.10. The van der Waals surface area contributed by atoms with Gasteiger partial charge in [0.25, 0.3) is 0 Å². The lowest BCUT2D eigenvalue weighted by atomic mass is 10.1. The highest BCUT2D eigenvalue weighted by Crippen LogP contribution is 2.30. The van der Waals surface area contributed by atoms with Gasteiger partial charge in [0.2, 0.25) is 5.95 Å². The number of halogens is 2. The van der Waals surface area contributed by atoms with Crippen LogP contribution in [0.5, 0.6) is 5.75 Å². The molecule has 3 aromatic heterocycles. The Kier molecular flexibility index (Phi) is 4.11. The summed E-state index contributed by atoms with van der Waals surface area (Å²) in [6.45, 7) is 4.21. The van der Waals surface area contributed by atoms with E-state index in [-0.39, 0.29) is 5.95 Å². The molecule has 0 aliphatic rings. The van der Waals surface area contributed by atoms with Crippen molar-refractivity contribution in [1.29, 1.82) is 0 Å². The van der Waals surface area contributed by atoms with Gasteiger partial charge in [0, 0.05) is 11.1 Å². The summed E-state index contributed by atoms with van der Waals surface area (Å²) in [5.74, 6) is 0.905. The largest absolute Gasteiger partial charge is 0.496 e. The maximum absolute atomic E-state index is 6.20. The van der Waals surface area contributed by atoms with E-state index in [1.54, 1.807) is 18.0 Å². The van der Waals surface area contributed by atoms with E-state index in [0.29, 0.717) is 21.9 Å². The van der Waals surface area contributed by atoms with Crippen molar-refractivity contribution in [3.05, 3.63) is 32.8 Å². The molecule has 0 unspecified atom stereocenters. The monoisotopic (exact) mass is 396 g/mol. The molecule has 2 N–H and O–H groups in total. The molecule has 9 heteroatoms. The second kappa shape index (κ2) is 5.93. The first-order valence-electron chi connectivity index (χ1n) is 6.76. The Labute approximate surface area is 146 Å². The molecule has 0 atom stereocenters. The molecule has 0 bridgehead atoms. The quantitative estimate of drug-likeness (QED) is 0.540. The zero-order valence-electron chi connectivity index (χ0n) is 12.8. The van der Waals surface area contributed by atoms with E-state index in [0.717, 1.165) is 28.0 Å². The van der Waals surface area contributed by atoms with E-state index in [1.165, 1.54) is 0 Å². The lowest BCUT2D eigenvalue weighted by Crippen LogP contribution is -2.09. The molecule has 3 aromatic rings. The lowest BCUT2D eigenvalue weighted by Gasteiger charge is -2.14. The minimum Gasteiger partial charge on any atom is -0.496 e. The molecule has 23 heavy (non-hydrogen) atoms. The first-order chi connectivity index (χ1) is 10.9. The van der Waals surface area contributed by atoms with Gasteiger partial charge in [-0.25, -0.2) is 14.6 Å². The van der Waals surface area contributed by atoms with Crippen LogP contribution in [0.15, 0.2) is 10.8 Å². The highest BCUT2D eigenvalue weighted by atomic mass is 79.9. The van der Waals surface area contributed by atoms with Gasteiger partial charge >= 0.3 is 0 Å². The SMILES string of the molecule is COc1c(C)c(Cl)nc(Cn2ncc3c(Br)nc(N)nc32)c1C. The maximum atomic E-state index is 6.20. The van der Waals surface area contributed by atoms with Crippen molar-refractivity contribution in [2.24, 2.45) is 0 Å². The average Bonchev–Trinajstić information content (AvgIpc) is 2.89. The number of hydrogen-bond acceptors (Lipinski definition) is 6. The Morgan fingerprint density at radius 2 is 2.00 bits per heavy atom. The number of rotatable bonds is 3. The molecule has 0 amide bonds. The van der Waals surface area contributed by atoms with Gasteiger partial charge in [-0.05, 0) is 29.8 Å². The zero-order chi connectivity index (χ0) is 16.7. The Hall–Kier alpha value is -1.93. The Morgan fingerprint density at radius 3 is 2.70 bits per heavy atom. The summed E-state index contributed by atoms with van der Waals surface area (Å²) in [7, 11) is 1.61. The van der Waals surface area contributed by atoms with Crippen LogP contribution < -0.4 is 10.5 Å². The molecule has 0 aromatic carbocycles. The van der Waals surface area contributed by atoms with Crippen molar-refractivity contribution in [2.75, 3.05) is 12.8 Å². The molecule has 0 aliphatic heterocycles. The Balaban J connectivity index is 2.12. The predicted molar refractivity (Wildman–Crippen MR) is 91.8 cm³/mol. The minimum absolute atomic E-state index is 0.176. The fraction of sp³-hybridized carbons (Fsp3) is 0.286. The molecule has 120 valence electrons. The minimum atomic E-state index is 0.176. The number of aromatic nitrogens is 5. The van der Waals surface area contributed by atoms with Gasteiger partial charge < -0.3 is 10.5 Å². The predicted octanol–water partition coefficient (Wildman–Crippen LogP) is 2.89. The van der Waals surface area contributed by atoms with E-state index in [9.17, 15) is 0 Å². The average molecular weight is 398 g/mol. The summed E-state index contributed by atoms with van der Waals surface area (Å²) in [6, 6.07) is 0. The van der Waals surface area contributed by atoms with E-state index in [1.807, 2.05) is 13.8 Å². The third kappa shape index (κ3) is 2.72. The Bertz CT molecular complexity index is 910. The molecule has 0 spiro atoms. The third-order valence-electron chi connectivity index (χ3n) is 3.63. The van der Waals surface area contributed by atoms with Gasteiger partial charge in [0.15, 0.2) is 5.65 Å². The van der Waals surface area contributed by atoms with E-state index in [4.69, 9.17) is 22.1 Å². The Morgan fingerprint density at radius 1 is 1.26 bits per heavy atom. The summed E-state index contributed by atoms with van der Waals surface area (Å²) < 4.78 is 7.75. The van der Waals surface area contributed by atoms with Gasteiger partial charge in [-0.15, -0.1) is 0 Å². The number of ether oxygens (including phenoxy) is 1. The number of pyridine rings is 1. The van der Waals surface area contributed by atoms with Crippen molar-refractivity contribution in [3.8, 4) is 5.75 Å². The van der Waals surface area contributed by atoms with Crippen LogP contribution in [0.1, 0.15) is 16.8 Å². The van der Waals surface area contributed by atoms with Crippen LogP contribution in [-0.2, 0) is 6.54 Å². The topological polar surface area (TPSA) is 91.7 Å². The van der Waals surface area contributed by atoms with Crippen molar-refractivity contribution >= 4 is 44.5 Å². The number of nitrogens with zero attached hydrogens (tertiary/aromatic N) is 5. The first kappa shape index (κ1) is 15.9. The molecular weight excluding hydrogens is 384 g/mol. The second-order valence-electron chi connectivity index (χ2n) is 5.04. The first-order valence-corrected chi connectivity index (χ1v) is 7.93. The maximum Gasteiger partial charge on any atom is 0.223 e. The molecule has 3 heterocycles. The number of hydrogen-bond donors (Lipinski definition) is 1. The summed E-state index contributed by atoms with van der Waals surface area (Å²) >= 11 is 9.57. The van der Waals surface area contributed by atoms with Crippen LogP contribution in [0.4, 0.5) is 5.95 Å². The van der Waals surface area contributed by atoms with Crippen LogP contribution in [0.25, 0.3) is 11.0 Å². The zero-order valence-corrected chi connectivity index (χ0v) is 15.1. The fourth-order valence-electron chi connectivity index (χ4n) is 2.45. The third-order valence-corrected chi connectivity index (χ3v) is 4.60. The van der Waals surface area contributed by atoms with E-state index < -0.39 is 0 Å². The van der Waals surface area contributed by atoms with Gasteiger partial charge in [0.1, 0.15) is 15.5 Å². The van der Waals surface area contributed by atoms with Crippen molar-refractivity contribution in [3.63, 3.8) is 0 Å². The molecular formula is C14H14BrClN6O. The number of nitrogen functional groups attached to an aromatic ring is 1. The van der Waals surface area contributed by atoms with Crippen LogP contribution in [0.3, 0.4) is 0 Å². The molecule has 0 saturated heterocycles. The number of fused-ring (bicyclic) bond motifs is 1. The molecule has 0 radical (unpaired) electrons. The van der Waals surface area contributed by atoms with Gasteiger partial charge in [0.05, 0.1) is 30.9 Å². The number of nitrogens with two attached hydrogens (primary N) is 1. The van der Waals surface area contributed by atoms with Crippen molar-refractivity contribution in [2.45, 2.75) is 20.4 Å². The molecule has 0 saturated carbocycles. The van der Waals surface area contributed by atoms with Crippen LogP contribution in [-0.4, -0.2) is 31.8 Å². The van der Waals surface area contributed by atoms with Gasteiger partial charge in [-0.1, -0.05) is 11.6 Å². The van der Waals surface area contributed by atoms with Crippen molar-refractivity contribution in [1.82, 2.24) is 24.7 Å². The fourth-order valence-corrected chi connectivity index (χ4v) is 3.10.